The summed E-state index contributed by atoms with van der Waals surface area (Å²) in [6.45, 7) is 6.94. The zero-order valence-corrected chi connectivity index (χ0v) is 11.8. The van der Waals surface area contributed by atoms with E-state index < -0.39 is 0 Å². The first-order valence-electron chi connectivity index (χ1n) is 7.35. The Hall–Kier alpha value is -1.43. The Morgan fingerprint density at radius 2 is 2.15 bits per heavy atom. The predicted octanol–water partition coefficient (Wildman–Crippen LogP) is 1.15. The van der Waals surface area contributed by atoms with Crippen molar-refractivity contribution >= 4 is 5.65 Å². The minimum absolute atomic E-state index is 0.838. The molecular weight excluding hydrogens is 252 g/mol. The second kappa shape index (κ2) is 6.83. The first-order chi connectivity index (χ1) is 9.92. The van der Waals surface area contributed by atoms with Crippen LogP contribution in [0.25, 0.3) is 5.65 Å². The van der Waals surface area contributed by atoms with Gasteiger partial charge in [0.15, 0.2) is 0 Å². The van der Waals surface area contributed by atoms with Gasteiger partial charge in [0.1, 0.15) is 5.65 Å². The highest BCUT2D eigenvalue weighted by Crippen LogP contribution is 2.04. The summed E-state index contributed by atoms with van der Waals surface area (Å²) in [5, 5.41) is 3.47. The second-order valence-electron chi connectivity index (χ2n) is 5.18. The lowest BCUT2D eigenvalue weighted by Crippen LogP contribution is -2.37. The molecule has 2 aromatic heterocycles. The topological polar surface area (TPSA) is 41.8 Å². The van der Waals surface area contributed by atoms with Gasteiger partial charge in [0, 0.05) is 32.0 Å². The average molecular weight is 274 g/mol. The predicted molar refractivity (Wildman–Crippen MR) is 78.8 cm³/mol. The Morgan fingerprint density at radius 1 is 1.25 bits per heavy atom. The van der Waals surface area contributed by atoms with Gasteiger partial charge in [0.05, 0.1) is 18.9 Å². The number of hydrogen-bond donors (Lipinski definition) is 1. The van der Waals surface area contributed by atoms with E-state index in [2.05, 4.69) is 25.8 Å². The standard InChI is InChI=1S/C15H22N4O/c1-2-7-19-13-14(17-15(19)4-1)12-16-5-3-6-18-8-10-20-11-9-18/h1-2,4,7,13,16H,3,5-6,8-12H2. The number of morpholine rings is 1. The molecule has 5 heteroatoms. The number of fused-ring (bicyclic) bond motifs is 1. The molecule has 1 N–H and O–H groups in total. The average Bonchev–Trinajstić information content (AvgIpc) is 2.90. The summed E-state index contributed by atoms with van der Waals surface area (Å²) in [7, 11) is 0. The molecule has 0 spiro atoms. The SMILES string of the molecule is c1ccn2cc(CNCCCN3CCOCC3)nc2c1. The van der Waals surface area contributed by atoms with Crippen molar-refractivity contribution in [2.24, 2.45) is 0 Å². The molecule has 0 aliphatic carbocycles. The number of nitrogens with zero attached hydrogens (tertiary/aromatic N) is 3. The maximum atomic E-state index is 5.35. The van der Waals surface area contributed by atoms with Gasteiger partial charge >= 0.3 is 0 Å². The van der Waals surface area contributed by atoms with E-state index in [0.29, 0.717) is 0 Å². The molecule has 1 saturated heterocycles. The molecule has 1 aliphatic rings. The third kappa shape index (κ3) is 3.56. The lowest BCUT2D eigenvalue weighted by atomic mass is 10.3. The van der Waals surface area contributed by atoms with Crippen molar-refractivity contribution in [3.8, 4) is 0 Å². The molecule has 0 aromatic carbocycles. The Kier molecular flexibility index (Phi) is 4.63. The molecule has 1 aliphatic heterocycles. The zero-order chi connectivity index (χ0) is 13.6. The lowest BCUT2D eigenvalue weighted by molar-refractivity contribution is 0.0374. The van der Waals surface area contributed by atoms with Gasteiger partial charge in [-0.2, -0.15) is 0 Å². The van der Waals surface area contributed by atoms with Crippen LogP contribution in [0.3, 0.4) is 0 Å². The maximum absolute atomic E-state index is 5.35. The molecule has 20 heavy (non-hydrogen) atoms. The van der Waals surface area contributed by atoms with E-state index in [1.54, 1.807) is 0 Å². The molecule has 2 aromatic rings. The van der Waals surface area contributed by atoms with E-state index in [4.69, 9.17) is 4.74 Å². The highest BCUT2D eigenvalue weighted by Gasteiger charge is 2.09. The molecule has 0 unspecified atom stereocenters. The fourth-order valence-electron chi connectivity index (χ4n) is 2.54. The van der Waals surface area contributed by atoms with Crippen molar-refractivity contribution in [1.82, 2.24) is 19.6 Å². The Bertz CT molecular complexity index is 500. The quantitative estimate of drug-likeness (QED) is 0.802. The summed E-state index contributed by atoms with van der Waals surface area (Å²) in [4.78, 5) is 7.04. The Balaban J connectivity index is 1.37. The fraction of sp³-hybridized carbons (Fsp3) is 0.533. The van der Waals surface area contributed by atoms with Gasteiger partial charge < -0.3 is 14.5 Å². The minimum Gasteiger partial charge on any atom is -0.379 e. The van der Waals surface area contributed by atoms with Crippen LogP contribution in [-0.2, 0) is 11.3 Å². The van der Waals surface area contributed by atoms with Crippen LogP contribution in [0.1, 0.15) is 12.1 Å². The number of nitrogens with one attached hydrogen (secondary N) is 1. The number of pyridine rings is 1. The largest absolute Gasteiger partial charge is 0.379 e. The molecule has 1 fully saturated rings. The first-order valence-corrected chi connectivity index (χ1v) is 7.35. The summed E-state index contributed by atoms with van der Waals surface area (Å²) in [6, 6.07) is 6.07. The highest BCUT2D eigenvalue weighted by atomic mass is 16.5. The number of hydrogen-bond acceptors (Lipinski definition) is 4. The smallest absolute Gasteiger partial charge is 0.137 e. The van der Waals surface area contributed by atoms with Crippen molar-refractivity contribution in [2.45, 2.75) is 13.0 Å². The van der Waals surface area contributed by atoms with Crippen molar-refractivity contribution in [3.63, 3.8) is 0 Å². The lowest BCUT2D eigenvalue weighted by Gasteiger charge is -2.26. The van der Waals surface area contributed by atoms with Gasteiger partial charge in [-0.3, -0.25) is 4.90 Å². The summed E-state index contributed by atoms with van der Waals surface area (Å²) in [5.74, 6) is 0. The summed E-state index contributed by atoms with van der Waals surface area (Å²) >= 11 is 0. The van der Waals surface area contributed by atoms with Crippen LogP contribution in [0.2, 0.25) is 0 Å². The number of imidazole rings is 1. The Labute approximate surface area is 119 Å². The van der Waals surface area contributed by atoms with Gasteiger partial charge in [-0.25, -0.2) is 4.98 Å². The molecule has 0 bridgehead atoms. The van der Waals surface area contributed by atoms with Crippen LogP contribution in [-0.4, -0.2) is 53.7 Å². The molecule has 0 amide bonds. The van der Waals surface area contributed by atoms with E-state index in [0.717, 1.165) is 57.3 Å². The third-order valence-electron chi connectivity index (χ3n) is 3.65. The van der Waals surface area contributed by atoms with E-state index in [9.17, 15) is 0 Å². The first kappa shape index (κ1) is 13.5. The van der Waals surface area contributed by atoms with Gasteiger partial charge in [-0.15, -0.1) is 0 Å². The summed E-state index contributed by atoms with van der Waals surface area (Å²) in [6.07, 6.45) is 5.29. The summed E-state index contributed by atoms with van der Waals surface area (Å²) in [5.41, 5.74) is 2.11. The molecule has 3 rings (SSSR count). The van der Waals surface area contributed by atoms with Crippen molar-refractivity contribution in [3.05, 3.63) is 36.3 Å². The van der Waals surface area contributed by atoms with Crippen LogP contribution in [0, 0.1) is 0 Å². The van der Waals surface area contributed by atoms with E-state index in [1.165, 1.54) is 6.42 Å². The van der Waals surface area contributed by atoms with E-state index in [-0.39, 0.29) is 0 Å². The van der Waals surface area contributed by atoms with Gasteiger partial charge in [-0.1, -0.05) is 6.07 Å². The molecular formula is C15H22N4O. The van der Waals surface area contributed by atoms with E-state index >= 15 is 0 Å². The van der Waals surface area contributed by atoms with E-state index in [1.807, 2.05) is 24.4 Å². The van der Waals surface area contributed by atoms with Crippen LogP contribution in [0.5, 0.6) is 0 Å². The molecule has 3 heterocycles. The Morgan fingerprint density at radius 3 is 3.00 bits per heavy atom. The van der Waals surface area contributed by atoms with Gasteiger partial charge in [-0.05, 0) is 31.6 Å². The van der Waals surface area contributed by atoms with Crippen molar-refractivity contribution in [2.75, 3.05) is 39.4 Å². The molecule has 0 saturated carbocycles. The number of ether oxygens (including phenoxy) is 1. The van der Waals surface area contributed by atoms with Crippen LogP contribution in [0.4, 0.5) is 0 Å². The number of rotatable bonds is 6. The monoisotopic (exact) mass is 274 g/mol. The third-order valence-corrected chi connectivity index (χ3v) is 3.65. The fourth-order valence-corrected chi connectivity index (χ4v) is 2.54. The maximum Gasteiger partial charge on any atom is 0.137 e. The zero-order valence-electron chi connectivity index (χ0n) is 11.8. The van der Waals surface area contributed by atoms with Crippen molar-refractivity contribution < 1.29 is 4.74 Å². The molecule has 108 valence electrons. The van der Waals surface area contributed by atoms with Crippen LogP contribution in [0.15, 0.2) is 30.6 Å². The number of aromatic nitrogens is 2. The summed E-state index contributed by atoms with van der Waals surface area (Å²) < 4.78 is 7.41. The van der Waals surface area contributed by atoms with Gasteiger partial charge in [0.2, 0.25) is 0 Å². The molecule has 5 nitrogen and oxygen atoms in total. The highest BCUT2D eigenvalue weighted by molar-refractivity contribution is 5.39. The minimum atomic E-state index is 0.838. The normalized spacial score (nSPS) is 16.8. The van der Waals surface area contributed by atoms with Crippen molar-refractivity contribution in [1.29, 1.82) is 0 Å². The van der Waals surface area contributed by atoms with Crippen LogP contribution < -0.4 is 5.32 Å². The second-order valence-corrected chi connectivity index (χ2v) is 5.18. The molecule has 0 radical (unpaired) electrons. The molecule has 0 atom stereocenters. The van der Waals surface area contributed by atoms with Crippen LogP contribution >= 0.6 is 0 Å². The van der Waals surface area contributed by atoms with Gasteiger partial charge in [0.25, 0.3) is 0 Å².